The maximum Gasteiger partial charge on any atom is 0.136 e. The first-order chi connectivity index (χ1) is 15.3. The minimum Gasteiger partial charge on any atom is -0.492 e. The Bertz CT molecular complexity index is 888. The largest absolute Gasteiger partial charge is 0.492 e. The van der Waals surface area contributed by atoms with Crippen LogP contribution in [0.5, 0.6) is 11.5 Å². The zero-order valence-electron chi connectivity index (χ0n) is 20.2. The van der Waals surface area contributed by atoms with Crippen molar-refractivity contribution in [3.8, 4) is 36.2 Å². The SMILES string of the molecule is C#Cc1cc(OC[C@H]2CC[C@H]3C[C@@H]2C3(C)C)c(C#C)cc1OC[C@H]1CC[C@H]2C[C@@H]1C2(C)C. The number of rotatable bonds is 6. The van der Waals surface area contributed by atoms with E-state index < -0.39 is 0 Å². The summed E-state index contributed by atoms with van der Waals surface area (Å²) in [5.74, 6) is 11.6. The minimum absolute atomic E-state index is 0.455. The second kappa shape index (κ2) is 7.76. The highest BCUT2D eigenvalue weighted by Gasteiger charge is 2.55. The maximum atomic E-state index is 6.30. The number of benzene rings is 1. The van der Waals surface area contributed by atoms with E-state index in [-0.39, 0.29) is 0 Å². The minimum atomic E-state index is 0.455. The Morgan fingerprint density at radius 1 is 0.750 bits per heavy atom. The molecule has 1 aromatic carbocycles. The van der Waals surface area contributed by atoms with Gasteiger partial charge in [-0.3, -0.25) is 0 Å². The Balaban J connectivity index is 1.26. The standard InChI is InChI=1S/C30H38O2/c1-7-19-13-28(32-18-22-10-12-24-16-26(22)30(24,5)6)20(8-2)14-27(19)31-17-21-9-11-23-15-25(21)29(23,3)4/h1-2,13-14,21-26H,9-12,15-18H2,3-6H3/t21-,22-,23+,24+,25+,26+/m1/s1. The van der Waals surface area contributed by atoms with Crippen LogP contribution in [0, 0.1) is 71.0 Å². The van der Waals surface area contributed by atoms with Crippen molar-refractivity contribution in [2.24, 2.45) is 46.3 Å². The molecular formula is C30H38O2. The summed E-state index contributed by atoms with van der Waals surface area (Å²) in [6.07, 6.45) is 19.6. The van der Waals surface area contributed by atoms with E-state index in [1.165, 1.54) is 38.5 Å². The van der Waals surface area contributed by atoms with Gasteiger partial charge in [0.2, 0.25) is 0 Å². The molecule has 0 N–H and O–H groups in total. The van der Waals surface area contributed by atoms with Crippen molar-refractivity contribution in [2.75, 3.05) is 13.2 Å². The van der Waals surface area contributed by atoms with Crippen LogP contribution in [0.3, 0.4) is 0 Å². The van der Waals surface area contributed by atoms with Crippen molar-refractivity contribution in [1.82, 2.24) is 0 Å². The van der Waals surface area contributed by atoms with Gasteiger partial charge in [0.25, 0.3) is 0 Å². The first kappa shape index (κ1) is 21.8. The summed E-state index contributed by atoms with van der Waals surface area (Å²) in [5, 5.41) is 0. The van der Waals surface area contributed by atoms with E-state index in [4.69, 9.17) is 22.3 Å². The highest BCUT2D eigenvalue weighted by atomic mass is 16.5. The van der Waals surface area contributed by atoms with Crippen LogP contribution >= 0.6 is 0 Å². The summed E-state index contributed by atoms with van der Waals surface area (Å²) in [7, 11) is 0. The Hall–Kier alpha value is -2.06. The first-order valence-corrected chi connectivity index (χ1v) is 12.6. The fourth-order valence-corrected chi connectivity index (χ4v) is 7.74. The summed E-state index contributed by atoms with van der Waals surface area (Å²) in [5.41, 5.74) is 2.40. The zero-order chi connectivity index (χ0) is 22.7. The number of fused-ring (bicyclic) bond motifs is 4. The Morgan fingerprint density at radius 2 is 1.16 bits per heavy atom. The van der Waals surface area contributed by atoms with Crippen LogP contribution in [0.4, 0.5) is 0 Å². The molecule has 6 fully saturated rings. The van der Waals surface area contributed by atoms with Crippen LogP contribution in [0.2, 0.25) is 0 Å². The molecule has 0 aliphatic heterocycles. The predicted octanol–water partition coefficient (Wildman–Crippen LogP) is 6.55. The molecule has 2 heteroatoms. The summed E-state index contributed by atoms with van der Waals surface area (Å²) in [4.78, 5) is 0. The molecule has 0 amide bonds. The van der Waals surface area contributed by atoms with Gasteiger partial charge in [-0.25, -0.2) is 0 Å². The van der Waals surface area contributed by atoms with Crippen LogP contribution in [-0.2, 0) is 0 Å². The van der Waals surface area contributed by atoms with E-state index in [0.717, 1.165) is 59.5 Å². The number of ether oxygens (including phenoxy) is 2. The molecule has 6 aliphatic carbocycles. The topological polar surface area (TPSA) is 18.5 Å². The van der Waals surface area contributed by atoms with Crippen LogP contribution in [0.25, 0.3) is 0 Å². The van der Waals surface area contributed by atoms with Gasteiger partial charge in [-0.2, -0.15) is 0 Å². The summed E-state index contributed by atoms with van der Waals surface area (Å²) in [6, 6.07) is 3.85. The molecule has 6 atom stereocenters. The lowest BCUT2D eigenvalue weighted by Gasteiger charge is -2.60. The van der Waals surface area contributed by atoms with Gasteiger partial charge in [-0.15, -0.1) is 12.8 Å². The molecule has 1 aromatic rings. The predicted molar refractivity (Wildman–Crippen MR) is 130 cm³/mol. The highest BCUT2D eigenvalue weighted by molar-refractivity contribution is 5.57. The van der Waals surface area contributed by atoms with Gasteiger partial charge >= 0.3 is 0 Å². The van der Waals surface area contributed by atoms with E-state index in [1.54, 1.807) is 0 Å². The molecule has 0 aromatic heterocycles. The summed E-state index contributed by atoms with van der Waals surface area (Å²) in [6.45, 7) is 11.1. The summed E-state index contributed by atoms with van der Waals surface area (Å²) >= 11 is 0. The third-order valence-corrected chi connectivity index (χ3v) is 10.3. The lowest BCUT2D eigenvalue weighted by atomic mass is 9.46. The Kier molecular flexibility index (Phi) is 5.28. The Labute approximate surface area is 194 Å². The maximum absolute atomic E-state index is 6.30. The van der Waals surface area contributed by atoms with Gasteiger partial charge in [0.1, 0.15) is 11.5 Å². The average Bonchev–Trinajstić information content (AvgIpc) is 2.80. The van der Waals surface area contributed by atoms with Crippen molar-refractivity contribution in [2.45, 2.75) is 66.2 Å². The smallest absolute Gasteiger partial charge is 0.136 e. The van der Waals surface area contributed by atoms with Crippen molar-refractivity contribution in [3.05, 3.63) is 23.3 Å². The molecule has 0 heterocycles. The molecule has 6 saturated carbocycles. The average molecular weight is 431 g/mol. The third-order valence-electron chi connectivity index (χ3n) is 10.3. The summed E-state index contributed by atoms with van der Waals surface area (Å²) < 4.78 is 12.6. The lowest BCUT2D eigenvalue weighted by Crippen LogP contribution is -2.53. The molecule has 0 saturated heterocycles. The van der Waals surface area contributed by atoms with Gasteiger partial charge in [0, 0.05) is 12.1 Å². The van der Waals surface area contributed by atoms with Gasteiger partial charge in [0.05, 0.1) is 24.3 Å². The van der Waals surface area contributed by atoms with Crippen LogP contribution in [-0.4, -0.2) is 13.2 Å². The fraction of sp³-hybridized carbons (Fsp3) is 0.667. The van der Waals surface area contributed by atoms with Crippen molar-refractivity contribution < 1.29 is 9.47 Å². The monoisotopic (exact) mass is 430 g/mol. The fourth-order valence-electron chi connectivity index (χ4n) is 7.74. The number of hydrogen-bond acceptors (Lipinski definition) is 2. The number of terminal acetylenes is 2. The molecule has 7 rings (SSSR count). The van der Waals surface area contributed by atoms with E-state index in [0.29, 0.717) is 22.7 Å². The van der Waals surface area contributed by atoms with E-state index in [2.05, 4.69) is 39.5 Å². The molecule has 4 bridgehead atoms. The first-order valence-electron chi connectivity index (χ1n) is 12.6. The molecule has 0 spiro atoms. The molecule has 170 valence electrons. The van der Waals surface area contributed by atoms with Gasteiger partial charge < -0.3 is 9.47 Å². The van der Waals surface area contributed by atoms with Crippen molar-refractivity contribution >= 4 is 0 Å². The van der Waals surface area contributed by atoms with Gasteiger partial charge in [0.15, 0.2) is 0 Å². The number of hydrogen-bond donors (Lipinski definition) is 0. The van der Waals surface area contributed by atoms with Crippen LogP contribution in [0.15, 0.2) is 12.1 Å². The molecule has 0 unspecified atom stereocenters. The second-order valence-corrected chi connectivity index (χ2v) is 12.2. The molecule has 6 aliphatic rings. The molecule has 32 heavy (non-hydrogen) atoms. The Morgan fingerprint density at radius 3 is 1.47 bits per heavy atom. The second-order valence-electron chi connectivity index (χ2n) is 12.2. The van der Waals surface area contributed by atoms with Crippen LogP contribution < -0.4 is 9.47 Å². The van der Waals surface area contributed by atoms with Crippen molar-refractivity contribution in [3.63, 3.8) is 0 Å². The van der Waals surface area contributed by atoms with E-state index in [9.17, 15) is 0 Å². The highest BCUT2D eigenvalue weighted by Crippen LogP contribution is 2.62. The van der Waals surface area contributed by atoms with Crippen LogP contribution in [0.1, 0.15) is 77.3 Å². The lowest BCUT2D eigenvalue weighted by molar-refractivity contribution is -0.114. The van der Waals surface area contributed by atoms with E-state index >= 15 is 0 Å². The quantitative estimate of drug-likeness (QED) is 0.476. The normalized spacial score (nSPS) is 35.4. The third kappa shape index (κ3) is 3.34. The molecular weight excluding hydrogens is 392 g/mol. The molecule has 2 nitrogen and oxygen atoms in total. The molecule has 0 radical (unpaired) electrons. The van der Waals surface area contributed by atoms with Crippen molar-refractivity contribution in [1.29, 1.82) is 0 Å². The zero-order valence-corrected chi connectivity index (χ0v) is 20.2. The van der Waals surface area contributed by atoms with E-state index in [1.807, 2.05) is 12.1 Å². The van der Waals surface area contributed by atoms with Gasteiger partial charge in [-0.05, 0) is 84.9 Å². The van der Waals surface area contributed by atoms with Gasteiger partial charge in [-0.1, -0.05) is 39.5 Å².